The minimum atomic E-state index is -0.475. The molecule has 0 fully saturated rings. The number of rotatable bonds is 2. The first-order valence-electron chi connectivity index (χ1n) is 4.50. The van der Waals surface area contributed by atoms with E-state index < -0.39 is 5.97 Å². The van der Waals surface area contributed by atoms with Crippen molar-refractivity contribution in [3.05, 3.63) is 27.6 Å². The van der Waals surface area contributed by atoms with Crippen LogP contribution in [-0.2, 0) is 4.74 Å². The standard InChI is InChI=1S/C9H7BrClN3O2/c1-2-16-9(15)6-4-12-8-5(10)3-7(11)13-14(6)8/h3-4H,2H2,1H3. The van der Waals surface area contributed by atoms with Crippen molar-refractivity contribution in [2.75, 3.05) is 6.61 Å². The summed E-state index contributed by atoms with van der Waals surface area (Å²) in [4.78, 5) is 15.6. The van der Waals surface area contributed by atoms with E-state index in [2.05, 4.69) is 26.0 Å². The van der Waals surface area contributed by atoms with Gasteiger partial charge in [0.15, 0.2) is 16.5 Å². The van der Waals surface area contributed by atoms with Crippen LogP contribution in [0.4, 0.5) is 0 Å². The summed E-state index contributed by atoms with van der Waals surface area (Å²) in [5, 5.41) is 4.26. The predicted octanol–water partition coefficient (Wildman–Crippen LogP) is 2.32. The first-order chi connectivity index (χ1) is 7.63. The summed E-state index contributed by atoms with van der Waals surface area (Å²) in [5.74, 6) is -0.475. The fourth-order valence-corrected chi connectivity index (χ4v) is 2.05. The fraction of sp³-hybridized carbons (Fsp3) is 0.222. The summed E-state index contributed by atoms with van der Waals surface area (Å²) in [6, 6.07) is 1.61. The van der Waals surface area contributed by atoms with Gasteiger partial charge in [0.25, 0.3) is 0 Å². The van der Waals surface area contributed by atoms with E-state index in [4.69, 9.17) is 16.3 Å². The summed E-state index contributed by atoms with van der Waals surface area (Å²) in [7, 11) is 0. The first-order valence-corrected chi connectivity index (χ1v) is 5.67. The molecule has 0 aliphatic heterocycles. The van der Waals surface area contributed by atoms with Crippen molar-refractivity contribution >= 4 is 39.1 Å². The van der Waals surface area contributed by atoms with Crippen LogP contribution in [0.25, 0.3) is 5.65 Å². The molecular formula is C9H7BrClN3O2. The Hall–Kier alpha value is -1.14. The van der Waals surface area contributed by atoms with Crippen LogP contribution in [0, 0.1) is 0 Å². The van der Waals surface area contributed by atoms with Crippen molar-refractivity contribution in [2.24, 2.45) is 0 Å². The van der Waals surface area contributed by atoms with Gasteiger partial charge in [-0.25, -0.2) is 14.3 Å². The molecule has 0 saturated heterocycles. The van der Waals surface area contributed by atoms with Crippen LogP contribution in [0.5, 0.6) is 0 Å². The van der Waals surface area contributed by atoms with Gasteiger partial charge in [-0.3, -0.25) is 0 Å². The van der Waals surface area contributed by atoms with Crippen LogP contribution in [0.2, 0.25) is 5.15 Å². The maximum absolute atomic E-state index is 11.6. The molecule has 0 aromatic carbocycles. The maximum Gasteiger partial charge on any atom is 0.358 e. The van der Waals surface area contributed by atoms with Gasteiger partial charge in [-0.2, -0.15) is 5.10 Å². The van der Waals surface area contributed by atoms with E-state index in [1.165, 1.54) is 10.7 Å². The SMILES string of the molecule is CCOC(=O)c1cnc2c(Br)cc(Cl)nn12. The van der Waals surface area contributed by atoms with Crippen molar-refractivity contribution < 1.29 is 9.53 Å². The molecule has 2 aromatic heterocycles. The lowest BCUT2D eigenvalue weighted by molar-refractivity contribution is 0.0516. The van der Waals surface area contributed by atoms with Gasteiger partial charge < -0.3 is 4.74 Å². The Morgan fingerprint density at radius 2 is 2.44 bits per heavy atom. The highest BCUT2D eigenvalue weighted by atomic mass is 79.9. The fourth-order valence-electron chi connectivity index (χ4n) is 1.25. The molecule has 5 nitrogen and oxygen atoms in total. The Bertz CT molecular complexity index is 555. The molecule has 0 aliphatic rings. The monoisotopic (exact) mass is 303 g/mol. The molecule has 0 unspecified atom stereocenters. The molecule has 0 saturated carbocycles. The van der Waals surface area contributed by atoms with E-state index in [9.17, 15) is 4.79 Å². The van der Waals surface area contributed by atoms with Crippen molar-refractivity contribution in [3.8, 4) is 0 Å². The summed E-state index contributed by atoms with van der Waals surface area (Å²) < 4.78 is 6.90. The first kappa shape index (κ1) is 11.3. The van der Waals surface area contributed by atoms with Gasteiger partial charge in [-0.1, -0.05) is 11.6 Å². The molecule has 0 aliphatic carbocycles. The van der Waals surface area contributed by atoms with Crippen LogP contribution in [0.1, 0.15) is 17.4 Å². The third kappa shape index (κ3) is 1.90. The lowest BCUT2D eigenvalue weighted by Crippen LogP contribution is -2.09. The molecule has 0 N–H and O–H groups in total. The van der Waals surface area contributed by atoms with Crippen molar-refractivity contribution in [3.63, 3.8) is 0 Å². The second-order valence-electron chi connectivity index (χ2n) is 2.91. The molecular weight excluding hydrogens is 297 g/mol. The van der Waals surface area contributed by atoms with Gasteiger partial charge in [0, 0.05) is 0 Å². The van der Waals surface area contributed by atoms with Crippen LogP contribution in [-0.4, -0.2) is 27.2 Å². The van der Waals surface area contributed by atoms with E-state index >= 15 is 0 Å². The number of esters is 1. The average Bonchev–Trinajstić information content (AvgIpc) is 2.61. The number of aromatic nitrogens is 3. The summed E-state index contributed by atoms with van der Waals surface area (Å²) in [5.41, 5.74) is 0.771. The minimum absolute atomic E-state index is 0.250. The molecule has 2 rings (SSSR count). The topological polar surface area (TPSA) is 56.5 Å². The molecule has 0 spiro atoms. The second kappa shape index (κ2) is 4.39. The zero-order chi connectivity index (χ0) is 11.7. The number of carbonyl (C=O) groups is 1. The number of ether oxygens (including phenoxy) is 1. The number of fused-ring (bicyclic) bond motifs is 1. The second-order valence-corrected chi connectivity index (χ2v) is 4.16. The van der Waals surface area contributed by atoms with Crippen LogP contribution >= 0.6 is 27.5 Å². The normalized spacial score (nSPS) is 10.7. The number of imidazole rings is 1. The molecule has 0 bridgehead atoms. The molecule has 0 radical (unpaired) electrons. The third-order valence-corrected chi connectivity index (χ3v) is 2.65. The Kier molecular flexibility index (Phi) is 3.11. The van der Waals surface area contributed by atoms with Crippen molar-refractivity contribution in [1.82, 2.24) is 14.6 Å². The number of nitrogens with zero attached hydrogens (tertiary/aromatic N) is 3. The van der Waals surface area contributed by atoms with Gasteiger partial charge in [-0.05, 0) is 28.9 Å². The average molecular weight is 305 g/mol. The van der Waals surface area contributed by atoms with Crippen LogP contribution < -0.4 is 0 Å². The Labute approximate surface area is 104 Å². The summed E-state index contributed by atoms with van der Waals surface area (Å²) >= 11 is 9.08. The van der Waals surface area contributed by atoms with Gasteiger partial charge in [0.1, 0.15) is 0 Å². The van der Waals surface area contributed by atoms with E-state index in [-0.39, 0.29) is 10.8 Å². The van der Waals surface area contributed by atoms with E-state index in [0.29, 0.717) is 16.7 Å². The van der Waals surface area contributed by atoms with Crippen molar-refractivity contribution in [1.29, 1.82) is 0 Å². The zero-order valence-electron chi connectivity index (χ0n) is 8.28. The Balaban J connectivity index is 2.60. The van der Waals surface area contributed by atoms with Gasteiger partial charge in [0.05, 0.1) is 17.3 Å². The van der Waals surface area contributed by atoms with Crippen molar-refractivity contribution in [2.45, 2.75) is 6.92 Å². The van der Waals surface area contributed by atoms with E-state index in [1.54, 1.807) is 13.0 Å². The number of hydrogen-bond donors (Lipinski definition) is 0. The van der Waals surface area contributed by atoms with Gasteiger partial charge >= 0.3 is 5.97 Å². The summed E-state index contributed by atoms with van der Waals surface area (Å²) in [6.45, 7) is 2.03. The molecule has 2 aromatic rings. The smallest absolute Gasteiger partial charge is 0.358 e. The zero-order valence-corrected chi connectivity index (χ0v) is 10.6. The number of hydrogen-bond acceptors (Lipinski definition) is 4. The largest absolute Gasteiger partial charge is 0.461 e. The highest BCUT2D eigenvalue weighted by Gasteiger charge is 2.16. The quantitative estimate of drug-likeness (QED) is 0.799. The Morgan fingerprint density at radius 1 is 1.69 bits per heavy atom. The maximum atomic E-state index is 11.6. The lowest BCUT2D eigenvalue weighted by Gasteiger charge is -2.01. The number of halogens is 2. The minimum Gasteiger partial charge on any atom is -0.461 e. The summed E-state index contributed by atoms with van der Waals surface area (Å²) in [6.07, 6.45) is 1.40. The van der Waals surface area contributed by atoms with E-state index in [0.717, 1.165) is 0 Å². The molecule has 2 heterocycles. The highest BCUT2D eigenvalue weighted by molar-refractivity contribution is 9.10. The van der Waals surface area contributed by atoms with Crippen LogP contribution in [0.3, 0.4) is 0 Å². The van der Waals surface area contributed by atoms with Gasteiger partial charge in [0.2, 0.25) is 0 Å². The molecule has 0 atom stereocenters. The molecule has 16 heavy (non-hydrogen) atoms. The number of carbonyl (C=O) groups excluding carboxylic acids is 1. The van der Waals surface area contributed by atoms with E-state index in [1.807, 2.05) is 0 Å². The third-order valence-electron chi connectivity index (χ3n) is 1.88. The molecule has 7 heteroatoms. The van der Waals surface area contributed by atoms with Gasteiger partial charge in [-0.15, -0.1) is 0 Å². The lowest BCUT2D eigenvalue weighted by atomic mass is 10.5. The molecule has 0 amide bonds. The molecule has 84 valence electrons. The predicted molar refractivity (Wildman–Crippen MR) is 61.7 cm³/mol. The Morgan fingerprint density at radius 3 is 3.12 bits per heavy atom. The van der Waals surface area contributed by atoms with Crippen LogP contribution in [0.15, 0.2) is 16.7 Å². The highest BCUT2D eigenvalue weighted by Crippen LogP contribution is 2.20.